The quantitative estimate of drug-likeness (QED) is 0.118. The fourth-order valence-electron chi connectivity index (χ4n) is 3.65. The Hall–Kier alpha value is -4.44. The molecule has 0 saturated carbocycles. The first kappa shape index (κ1) is 22.7. The highest BCUT2D eigenvalue weighted by Gasteiger charge is 2.22. The normalized spacial score (nSPS) is 10.7. The summed E-state index contributed by atoms with van der Waals surface area (Å²) in [6, 6.07) is 13.6. The molecule has 0 atom stereocenters. The average Bonchev–Trinajstić information content (AvgIpc) is 2.80. The van der Waals surface area contributed by atoms with E-state index in [2.05, 4.69) is 16.0 Å². The van der Waals surface area contributed by atoms with Crippen LogP contribution in [-0.4, -0.2) is 40.8 Å². The standard InChI is InChI=1S/C24H19N3O6S/c28-12-25-7-8-26-24(34)27-13-1-4-16(19(9-13)23(31)32)22-17-5-2-14(29)10-20(17)33-21-11-15(30)3-6-18(21)22/h1-6,9-12,29H,7-8H2,(H,25,28)(H,31,32)(H2,26,27,34). The number of carboxylic acids is 1. The number of hydrogen-bond donors (Lipinski definition) is 5. The van der Waals surface area contributed by atoms with Crippen molar-refractivity contribution < 1.29 is 24.2 Å². The number of aromatic hydroxyl groups is 1. The van der Waals surface area contributed by atoms with Crippen LogP contribution in [0.3, 0.4) is 0 Å². The van der Waals surface area contributed by atoms with E-state index in [-0.39, 0.29) is 27.6 Å². The number of phenolic OH excluding ortho intramolecular Hbond substituents is 1. The summed E-state index contributed by atoms with van der Waals surface area (Å²) in [5.41, 5.74) is 2.02. The van der Waals surface area contributed by atoms with Crippen LogP contribution in [0.1, 0.15) is 10.4 Å². The van der Waals surface area contributed by atoms with Gasteiger partial charge in [0, 0.05) is 47.4 Å². The lowest BCUT2D eigenvalue weighted by atomic mass is 9.90. The Morgan fingerprint density at radius 2 is 1.82 bits per heavy atom. The SMILES string of the molecule is O=CNCCNC(=S)Nc1ccc(-c2c3ccc(=O)cc-3oc3cc(O)ccc23)c(C(=O)O)c1. The number of rotatable bonds is 7. The molecule has 0 fully saturated rings. The number of aromatic carboxylic acids is 1. The Balaban J connectivity index is 1.81. The molecule has 9 nitrogen and oxygen atoms in total. The third kappa shape index (κ3) is 4.66. The maximum absolute atomic E-state index is 12.2. The van der Waals surface area contributed by atoms with Gasteiger partial charge in [0.05, 0.1) is 5.56 Å². The Bertz CT molecular complexity index is 1450. The summed E-state index contributed by atoms with van der Waals surface area (Å²) < 4.78 is 5.83. The van der Waals surface area contributed by atoms with Gasteiger partial charge in [-0.25, -0.2) is 4.79 Å². The average molecular weight is 477 g/mol. The van der Waals surface area contributed by atoms with Gasteiger partial charge in [0.25, 0.3) is 0 Å². The molecular weight excluding hydrogens is 458 g/mol. The highest BCUT2D eigenvalue weighted by atomic mass is 32.1. The number of carbonyl (C=O) groups excluding carboxylic acids is 1. The van der Waals surface area contributed by atoms with Gasteiger partial charge >= 0.3 is 5.97 Å². The number of benzene rings is 3. The van der Waals surface area contributed by atoms with Crippen molar-refractivity contribution in [2.75, 3.05) is 18.4 Å². The molecule has 1 heterocycles. The van der Waals surface area contributed by atoms with Crippen LogP contribution in [0.25, 0.3) is 33.4 Å². The van der Waals surface area contributed by atoms with Gasteiger partial charge in [-0.2, -0.15) is 0 Å². The lowest BCUT2D eigenvalue weighted by Crippen LogP contribution is -2.34. The zero-order valence-corrected chi connectivity index (χ0v) is 18.4. The van der Waals surface area contributed by atoms with Crippen molar-refractivity contribution >= 4 is 46.4 Å². The predicted molar refractivity (Wildman–Crippen MR) is 131 cm³/mol. The molecule has 1 amide bonds. The molecule has 0 aromatic heterocycles. The Morgan fingerprint density at radius 3 is 2.59 bits per heavy atom. The molecule has 0 radical (unpaired) electrons. The number of thiocarbonyl (C=S) groups is 1. The minimum atomic E-state index is -1.16. The summed E-state index contributed by atoms with van der Waals surface area (Å²) in [5.74, 6) is -0.912. The maximum Gasteiger partial charge on any atom is 0.336 e. The van der Waals surface area contributed by atoms with E-state index in [1.807, 2.05) is 0 Å². The minimum Gasteiger partial charge on any atom is -0.508 e. The van der Waals surface area contributed by atoms with Gasteiger partial charge in [0.15, 0.2) is 10.5 Å². The second-order valence-electron chi connectivity index (χ2n) is 7.33. The summed E-state index contributed by atoms with van der Waals surface area (Å²) in [4.78, 5) is 34.5. The highest BCUT2D eigenvalue weighted by molar-refractivity contribution is 7.80. The summed E-state index contributed by atoms with van der Waals surface area (Å²) in [6.07, 6.45) is 0.583. The largest absolute Gasteiger partial charge is 0.508 e. The maximum atomic E-state index is 12.2. The molecule has 2 aromatic carbocycles. The van der Waals surface area contributed by atoms with Crippen molar-refractivity contribution in [2.45, 2.75) is 0 Å². The fourth-order valence-corrected chi connectivity index (χ4v) is 3.87. The van der Waals surface area contributed by atoms with Crippen LogP contribution in [0, 0.1) is 0 Å². The van der Waals surface area contributed by atoms with E-state index in [0.717, 1.165) is 0 Å². The molecule has 2 aliphatic rings. The number of nitrogens with one attached hydrogen (secondary N) is 3. The van der Waals surface area contributed by atoms with Crippen LogP contribution in [-0.2, 0) is 4.79 Å². The highest BCUT2D eigenvalue weighted by Crippen LogP contribution is 2.42. The number of fused-ring (bicyclic) bond motifs is 2. The number of carboxylic acid groups (broad SMARTS) is 1. The summed E-state index contributed by atoms with van der Waals surface area (Å²) in [5, 5.41) is 29.1. The van der Waals surface area contributed by atoms with E-state index >= 15 is 0 Å². The molecule has 2 aromatic rings. The van der Waals surface area contributed by atoms with Gasteiger partial charge in [-0.1, -0.05) is 6.07 Å². The van der Waals surface area contributed by atoms with Crippen LogP contribution in [0.5, 0.6) is 5.75 Å². The summed E-state index contributed by atoms with van der Waals surface area (Å²) >= 11 is 5.22. The molecule has 172 valence electrons. The van der Waals surface area contributed by atoms with Crippen LogP contribution in [0.2, 0.25) is 0 Å². The molecule has 0 bridgehead atoms. The first-order valence-electron chi connectivity index (χ1n) is 10.2. The number of hydrogen-bond acceptors (Lipinski definition) is 6. The monoisotopic (exact) mass is 477 g/mol. The van der Waals surface area contributed by atoms with Crippen LogP contribution in [0.15, 0.2) is 63.8 Å². The lowest BCUT2D eigenvalue weighted by Gasteiger charge is -2.18. The second-order valence-corrected chi connectivity index (χ2v) is 7.74. The molecule has 1 aliphatic heterocycles. The van der Waals surface area contributed by atoms with E-state index in [1.165, 1.54) is 30.3 Å². The zero-order valence-electron chi connectivity index (χ0n) is 17.6. The topological polar surface area (TPSA) is 141 Å². The number of carbonyl (C=O) groups is 2. The Labute approximate surface area is 198 Å². The van der Waals surface area contributed by atoms with Crippen molar-refractivity contribution in [1.29, 1.82) is 0 Å². The fraction of sp³-hybridized carbons (Fsp3) is 0.0833. The lowest BCUT2D eigenvalue weighted by molar-refractivity contribution is -0.109. The molecular formula is C24H19N3O6S. The first-order valence-corrected chi connectivity index (χ1v) is 10.6. The van der Waals surface area contributed by atoms with Crippen LogP contribution < -0.4 is 21.4 Å². The van der Waals surface area contributed by atoms with Crippen molar-refractivity contribution in [1.82, 2.24) is 10.6 Å². The van der Waals surface area contributed by atoms with Crippen LogP contribution in [0.4, 0.5) is 5.69 Å². The first-order chi connectivity index (χ1) is 16.4. The van der Waals surface area contributed by atoms with Gasteiger partial charge in [0.2, 0.25) is 6.41 Å². The molecule has 0 saturated heterocycles. The van der Waals surface area contributed by atoms with Crippen molar-refractivity contribution in [3.8, 4) is 28.2 Å². The third-order valence-electron chi connectivity index (χ3n) is 5.09. The summed E-state index contributed by atoms with van der Waals surface area (Å²) in [7, 11) is 0. The molecule has 34 heavy (non-hydrogen) atoms. The zero-order chi connectivity index (χ0) is 24.2. The van der Waals surface area contributed by atoms with Gasteiger partial charge in [-0.05, 0) is 54.2 Å². The van der Waals surface area contributed by atoms with Crippen molar-refractivity contribution in [3.63, 3.8) is 0 Å². The molecule has 1 aliphatic carbocycles. The minimum absolute atomic E-state index is 0.00324. The number of amides is 1. The van der Waals surface area contributed by atoms with Crippen molar-refractivity contribution in [3.05, 3.63) is 70.4 Å². The van der Waals surface area contributed by atoms with E-state index in [9.17, 15) is 24.6 Å². The van der Waals surface area contributed by atoms with E-state index in [1.54, 1.807) is 24.3 Å². The second kappa shape index (κ2) is 9.59. The molecule has 0 spiro atoms. The Kier molecular flexibility index (Phi) is 6.42. The molecule has 10 heteroatoms. The smallest absolute Gasteiger partial charge is 0.336 e. The molecule has 4 rings (SSSR count). The molecule has 0 unspecified atom stereocenters. The van der Waals surface area contributed by atoms with E-state index < -0.39 is 5.97 Å². The number of anilines is 1. The van der Waals surface area contributed by atoms with E-state index in [4.69, 9.17) is 16.6 Å². The third-order valence-corrected chi connectivity index (χ3v) is 5.34. The van der Waals surface area contributed by atoms with Gasteiger partial charge in [0.1, 0.15) is 17.1 Å². The van der Waals surface area contributed by atoms with Crippen LogP contribution >= 0.6 is 12.2 Å². The van der Waals surface area contributed by atoms with Gasteiger partial charge < -0.3 is 30.6 Å². The summed E-state index contributed by atoms with van der Waals surface area (Å²) in [6.45, 7) is 0.777. The predicted octanol–water partition coefficient (Wildman–Crippen LogP) is 3.00. The van der Waals surface area contributed by atoms with Gasteiger partial charge in [-0.3, -0.25) is 9.59 Å². The number of phenols is 1. The van der Waals surface area contributed by atoms with E-state index in [0.29, 0.717) is 52.8 Å². The van der Waals surface area contributed by atoms with Crippen molar-refractivity contribution in [2.24, 2.45) is 0 Å². The van der Waals surface area contributed by atoms with Gasteiger partial charge in [-0.15, -0.1) is 0 Å². The Morgan fingerprint density at radius 1 is 1.03 bits per heavy atom. The molecule has 5 N–H and O–H groups in total.